The molecule has 2 N–H and O–H groups in total. The van der Waals surface area contributed by atoms with Crippen LogP contribution in [0.1, 0.15) is 41.6 Å². The molecule has 0 bridgehead atoms. The van der Waals surface area contributed by atoms with Crippen molar-refractivity contribution in [2.24, 2.45) is 5.92 Å². The molecule has 0 atom stereocenters. The van der Waals surface area contributed by atoms with Crippen LogP contribution < -0.4 is 10.6 Å². The molecule has 5 nitrogen and oxygen atoms in total. The third kappa shape index (κ3) is 4.79. The van der Waals surface area contributed by atoms with Crippen molar-refractivity contribution in [2.75, 3.05) is 5.32 Å². The number of hydrogen-bond donors (Lipinski definition) is 2. The Balaban J connectivity index is 1.56. The highest BCUT2D eigenvalue weighted by Gasteiger charge is 2.22. The first-order valence-corrected chi connectivity index (χ1v) is 8.79. The predicted molar refractivity (Wildman–Crippen MR) is 97.4 cm³/mol. The summed E-state index contributed by atoms with van der Waals surface area (Å²) in [6.45, 7) is 0.370. The molecule has 1 aromatic carbocycles. The molecule has 25 heavy (non-hydrogen) atoms. The van der Waals surface area contributed by atoms with Crippen molar-refractivity contribution in [3.63, 3.8) is 0 Å². The van der Waals surface area contributed by atoms with Crippen LogP contribution in [-0.4, -0.2) is 16.8 Å². The van der Waals surface area contributed by atoms with E-state index < -0.39 is 0 Å². The van der Waals surface area contributed by atoms with E-state index in [4.69, 9.17) is 11.6 Å². The highest BCUT2D eigenvalue weighted by molar-refractivity contribution is 6.29. The predicted octanol–water partition coefficient (Wildman–Crippen LogP) is 3.79. The van der Waals surface area contributed by atoms with E-state index in [-0.39, 0.29) is 17.7 Å². The highest BCUT2D eigenvalue weighted by atomic mass is 35.5. The Hall–Kier alpha value is -2.40. The van der Waals surface area contributed by atoms with Crippen LogP contribution in [0.3, 0.4) is 0 Å². The Morgan fingerprint density at radius 2 is 1.96 bits per heavy atom. The van der Waals surface area contributed by atoms with Gasteiger partial charge in [-0.15, -0.1) is 0 Å². The van der Waals surface area contributed by atoms with E-state index in [2.05, 4.69) is 15.6 Å². The number of rotatable bonds is 5. The smallest absolute Gasteiger partial charge is 0.253 e. The highest BCUT2D eigenvalue weighted by Crippen LogP contribution is 2.26. The molecule has 0 saturated heterocycles. The lowest BCUT2D eigenvalue weighted by molar-refractivity contribution is -0.119. The van der Waals surface area contributed by atoms with Crippen LogP contribution in [-0.2, 0) is 11.3 Å². The first kappa shape index (κ1) is 17.4. The topological polar surface area (TPSA) is 71.1 Å². The Morgan fingerprint density at radius 1 is 1.16 bits per heavy atom. The molecule has 1 aliphatic carbocycles. The summed E-state index contributed by atoms with van der Waals surface area (Å²) in [7, 11) is 0. The van der Waals surface area contributed by atoms with Gasteiger partial charge in [0.25, 0.3) is 5.91 Å². The van der Waals surface area contributed by atoms with Crippen LogP contribution in [0.25, 0.3) is 0 Å². The molecule has 130 valence electrons. The number of pyridine rings is 1. The molecule has 1 saturated carbocycles. The van der Waals surface area contributed by atoms with Crippen molar-refractivity contribution in [1.82, 2.24) is 10.3 Å². The van der Waals surface area contributed by atoms with Gasteiger partial charge in [0.1, 0.15) is 5.15 Å². The van der Waals surface area contributed by atoms with Crippen molar-refractivity contribution in [3.05, 3.63) is 58.9 Å². The zero-order valence-electron chi connectivity index (χ0n) is 13.8. The van der Waals surface area contributed by atoms with Crippen LogP contribution in [0, 0.1) is 5.92 Å². The maximum Gasteiger partial charge on any atom is 0.253 e. The number of carbonyl (C=O) groups excluding carboxylic acids is 2. The standard InChI is InChI=1S/C19H20ClN3O2/c20-17-9-8-15(12-21-17)18(24)22-11-13-4-3-7-16(10-13)23-19(25)14-5-1-2-6-14/h3-4,7-10,12,14H,1-2,5-6,11H2,(H,22,24)(H,23,25). The maximum atomic E-state index is 12.2. The van der Waals surface area contributed by atoms with Gasteiger partial charge in [-0.2, -0.15) is 0 Å². The van der Waals surface area contributed by atoms with Crippen LogP contribution >= 0.6 is 11.6 Å². The fourth-order valence-electron chi connectivity index (χ4n) is 2.99. The van der Waals surface area contributed by atoms with Crippen molar-refractivity contribution in [2.45, 2.75) is 32.2 Å². The van der Waals surface area contributed by atoms with E-state index in [9.17, 15) is 9.59 Å². The van der Waals surface area contributed by atoms with E-state index in [0.717, 1.165) is 36.9 Å². The summed E-state index contributed by atoms with van der Waals surface area (Å²) in [6.07, 6.45) is 5.64. The average Bonchev–Trinajstić information content (AvgIpc) is 3.15. The van der Waals surface area contributed by atoms with E-state index in [1.54, 1.807) is 12.1 Å². The summed E-state index contributed by atoms with van der Waals surface area (Å²) in [5, 5.41) is 6.16. The number of hydrogen-bond acceptors (Lipinski definition) is 3. The normalized spacial score (nSPS) is 14.3. The minimum absolute atomic E-state index is 0.0888. The largest absolute Gasteiger partial charge is 0.348 e. The Morgan fingerprint density at radius 3 is 2.68 bits per heavy atom. The van der Waals surface area contributed by atoms with Gasteiger partial charge in [-0.1, -0.05) is 36.6 Å². The molecule has 2 amide bonds. The van der Waals surface area contributed by atoms with E-state index in [1.807, 2.05) is 24.3 Å². The lowest BCUT2D eigenvalue weighted by Gasteiger charge is -2.12. The number of anilines is 1. The summed E-state index contributed by atoms with van der Waals surface area (Å²) in [6, 6.07) is 10.7. The molecular formula is C19H20ClN3O2. The lowest BCUT2D eigenvalue weighted by atomic mass is 10.1. The van der Waals surface area contributed by atoms with Gasteiger partial charge in [0.05, 0.1) is 5.56 Å². The third-order valence-corrected chi connectivity index (χ3v) is 4.59. The van der Waals surface area contributed by atoms with Gasteiger partial charge in [0.2, 0.25) is 5.91 Å². The number of carbonyl (C=O) groups is 2. The molecule has 0 unspecified atom stereocenters. The quantitative estimate of drug-likeness (QED) is 0.799. The van der Waals surface area contributed by atoms with Gasteiger partial charge in [0, 0.05) is 24.3 Å². The van der Waals surface area contributed by atoms with Gasteiger partial charge in [0.15, 0.2) is 0 Å². The van der Waals surface area contributed by atoms with Crippen molar-refractivity contribution in [1.29, 1.82) is 0 Å². The second-order valence-electron chi connectivity index (χ2n) is 6.22. The zero-order valence-corrected chi connectivity index (χ0v) is 14.6. The number of benzene rings is 1. The molecule has 1 aromatic heterocycles. The summed E-state index contributed by atoms with van der Waals surface area (Å²) in [4.78, 5) is 28.2. The van der Waals surface area contributed by atoms with Gasteiger partial charge in [-0.3, -0.25) is 9.59 Å². The molecular weight excluding hydrogens is 338 g/mol. The molecule has 0 radical (unpaired) electrons. The van der Waals surface area contributed by atoms with E-state index >= 15 is 0 Å². The van der Waals surface area contributed by atoms with Crippen LogP contribution in [0.4, 0.5) is 5.69 Å². The fourth-order valence-corrected chi connectivity index (χ4v) is 3.10. The minimum Gasteiger partial charge on any atom is -0.348 e. The van der Waals surface area contributed by atoms with Crippen LogP contribution in [0.15, 0.2) is 42.6 Å². The first-order valence-electron chi connectivity index (χ1n) is 8.41. The van der Waals surface area contributed by atoms with Gasteiger partial charge in [-0.25, -0.2) is 4.98 Å². The fraction of sp³-hybridized carbons (Fsp3) is 0.316. The second-order valence-corrected chi connectivity index (χ2v) is 6.61. The van der Waals surface area contributed by atoms with Gasteiger partial charge >= 0.3 is 0 Å². The summed E-state index contributed by atoms with van der Waals surface area (Å²) >= 11 is 5.72. The lowest BCUT2D eigenvalue weighted by Crippen LogP contribution is -2.23. The summed E-state index contributed by atoms with van der Waals surface area (Å²) in [5.41, 5.74) is 2.13. The number of amides is 2. The van der Waals surface area contributed by atoms with Crippen LogP contribution in [0.5, 0.6) is 0 Å². The van der Waals surface area contributed by atoms with Gasteiger partial charge in [-0.05, 0) is 42.7 Å². The van der Waals surface area contributed by atoms with E-state index in [0.29, 0.717) is 17.3 Å². The second kappa shape index (κ2) is 8.12. The van der Waals surface area contributed by atoms with Crippen molar-refractivity contribution in [3.8, 4) is 0 Å². The Bertz CT molecular complexity index is 756. The molecule has 2 aromatic rings. The maximum absolute atomic E-state index is 12.2. The summed E-state index contributed by atoms with van der Waals surface area (Å²) < 4.78 is 0. The number of aromatic nitrogens is 1. The average molecular weight is 358 g/mol. The molecule has 0 aliphatic heterocycles. The Labute approximate surface area is 151 Å². The Kier molecular flexibility index (Phi) is 5.66. The molecule has 1 heterocycles. The van der Waals surface area contributed by atoms with Crippen LogP contribution in [0.2, 0.25) is 5.15 Å². The zero-order chi connectivity index (χ0) is 17.6. The van der Waals surface area contributed by atoms with E-state index in [1.165, 1.54) is 6.20 Å². The molecule has 0 spiro atoms. The number of halogens is 1. The molecule has 1 fully saturated rings. The number of nitrogens with one attached hydrogen (secondary N) is 2. The molecule has 6 heteroatoms. The van der Waals surface area contributed by atoms with Crippen molar-refractivity contribution < 1.29 is 9.59 Å². The minimum atomic E-state index is -0.218. The third-order valence-electron chi connectivity index (χ3n) is 4.36. The number of nitrogens with zero attached hydrogens (tertiary/aromatic N) is 1. The molecule has 3 rings (SSSR count). The monoisotopic (exact) mass is 357 g/mol. The van der Waals surface area contributed by atoms with Crippen molar-refractivity contribution >= 4 is 29.1 Å². The van der Waals surface area contributed by atoms with Gasteiger partial charge < -0.3 is 10.6 Å². The first-order chi connectivity index (χ1) is 12.1. The SMILES string of the molecule is O=C(NCc1cccc(NC(=O)C2CCCC2)c1)c1ccc(Cl)nc1. The summed E-state index contributed by atoms with van der Waals surface area (Å²) in [5.74, 6) is -0.00347. The molecule has 1 aliphatic rings.